The third kappa shape index (κ3) is 4.90. The second-order valence-electron chi connectivity index (χ2n) is 9.77. The summed E-state index contributed by atoms with van der Waals surface area (Å²) < 4.78 is 6.26. The first kappa shape index (κ1) is 20.2. The number of rotatable bonds is 4. The first-order chi connectivity index (χ1) is 13.6. The van der Waals surface area contributed by atoms with Crippen LogP contribution < -0.4 is 0 Å². The van der Waals surface area contributed by atoms with E-state index in [0.717, 1.165) is 77.7 Å². The lowest BCUT2D eigenvalue weighted by molar-refractivity contribution is -0.150. The highest BCUT2D eigenvalue weighted by atomic mass is 16.5. The van der Waals surface area contributed by atoms with Gasteiger partial charge in [0.05, 0.1) is 5.60 Å². The van der Waals surface area contributed by atoms with Crippen molar-refractivity contribution in [3.05, 3.63) is 0 Å². The monoisotopic (exact) mass is 390 g/mol. The number of amides is 2. The Kier molecular flexibility index (Phi) is 6.59. The van der Waals surface area contributed by atoms with E-state index in [9.17, 15) is 9.59 Å². The summed E-state index contributed by atoms with van der Waals surface area (Å²) in [4.78, 5) is 29.4. The Labute approximate surface area is 170 Å². The predicted octanol–water partition coefficient (Wildman–Crippen LogP) is 3.76. The molecule has 158 valence electrons. The Morgan fingerprint density at radius 1 is 0.750 bits per heavy atom. The van der Waals surface area contributed by atoms with Gasteiger partial charge in [0.15, 0.2) is 0 Å². The van der Waals surface area contributed by atoms with Crippen LogP contribution >= 0.6 is 0 Å². The zero-order valence-corrected chi connectivity index (χ0v) is 17.5. The summed E-state index contributed by atoms with van der Waals surface area (Å²) in [7, 11) is 0. The quantitative estimate of drug-likeness (QED) is 0.734. The van der Waals surface area contributed by atoms with Crippen LogP contribution in [-0.2, 0) is 14.3 Å². The molecular formula is C23H38N2O3. The summed E-state index contributed by atoms with van der Waals surface area (Å²) in [6.45, 7) is 4.33. The number of nitrogens with zero attached hydrogens (tertiary/aromatic N) is 2. The molecule has 1 spiro atoms. The average molecular weight is 391 g/mol. The Morgan fingerprint density at radius 2 is 1.36 bits per heavy atom. The molecule has 3 saturated heterocycles. The standard InChI is InChI=1S/C23H38N2O3/c26-21(16-19-6-2-1-3-7-19)25-13-9-23(10-14-25)18-20(8-15-28-23)17-22(27)24-11-4-5-12-24/h19-20H,1-18H2. The van der Waals surface area contributed by atoms with E-state index in [1.165, 1.54) is 32.1 Å². The maximum absolute atomic E-state index is 12.7. The number of hydrogen-bond acceptors (Lipinski definition) is 3. The largest absolute Gasteiger partial charge is 0.375 e. The van der Waals surface area contributed by atoms with Gasteiger partial charge in [-0.05, 0) is 63.2 Å². The molecule has 1 saturated carbocycles. The van der Waals surface area contributed by atoms with Gasteiger partial charge in [0, 0.05) is 45.6 Å². The van der Waals surface area contributed by atoms with Crippen LogP contribution in [0.1, 0.15) is 83.5 Å². The third-order valence-electron chi connectivity index (χ3n) is 7.73. The molecule has 0 bridgehead atoms. The van der Waals surface area contributed by atoms with Crippen LogP contribution in [0.3, 0.4) is 0 Å². The van der Waals surface area contributed by atoms with E-state index in [1.54, 1.807) is 0 Å². The molecule has 3 heterocycles. The lowest BCUT2D eigenvalue weighted by Gasteiger charge is -2.46. The topological polar surface area (TPSA) is 49.9 Å². The Balaban J connectivity index is 1.24. The molecule has 28 heavy (non-hydrogen) atoms. The first-order valence-electron chi connectivity index (χ1n) is 11.8. The van der Waals surface area contributed by atoms with Crippen LogP contribution in [0.2, 0.25) is 0 Å². The lowest BCUT2D eigenvalue weighted by Crippen LogP contribution is -2.51. The zero-order valence-electron chi connectivity index (χ0n) is 17.5. The molecule has 0 aromatic heterocycles. The van der Waals surface area contributed by atoms with Crippen LogP contribution in [0, 0.1) is 11.8 Å². The van der Waals surface area contributed by atoms with E-state index >= 15 is 0 Å². The van der Waals surface area contributed by atoms with Gasteiger partial charge in [-0.15, -0.1) is 0 Å². The molecular weight excluding hydrogens is 352 g/mol. The van der Waals surface area contributed by atoms with Crippen molar-refractivity contribution in [2.75, 3.05) is 32.8 Å². The fourth-order valence-corrected chi connectivity index (χ4v) is 5.93. The van der Waals surface area contributed by atoms with Crippen molar-refractivity contribution in [1.29, 1.82) is 0 Å². The Morgan fingerprint density at radius 3 is 2.04 bits per heavy atom. The highest BCUT2D eigenvalue weighted by Gasteiger charge is 2.42. The van der Waals surface area contributed by atoms with Crippen LogP contribution in [0.5, 0.6) is 0 Å². The van der Waals surface area contributed by atoms with Crippen molar-refractivity contribution in [2.45, 2.75) is 89.1 Å². The minimum Gasteiger partial charge on any atom is -0.375 e. The fraction of sp³-hybridized carbons (Fsp3) is 0.913. The molecule has 0 N–H and O–H groups in total. The molecule has 1 unspecified atom stereocenters. The van der Waals surface area contributed by atoms with Crippen molar-refractivity contribution in [2.24, 2.45) is 11.8 Å². The van der Waals surface area contributed by atoms with E-state index in [0.29, 0.717) is 30.1 Å². The summed E-state index contributed by atoms with van der Waals surface area (Å²) in [5, 5.41) is 0. The maximum Gasteiger partial charge on any atom is 0.222 e. The summed E-state index contributed by atoms with van der Waals surface area (Å²) in [5.74, 6) is 1.77. The Hall–Kier alpha value is -1.10. The van der Waals surface area contributed by atoms with Gasteiger partial charge in [0.25, 0.3) is 0 Å². The van der Waals surface area contributed by atoms with Crippen molar-refractivity contribution < 1.29 is 14.3 Å². The molecule has 2 amide bonds. The second-order valence-corrected chi connectivity index (χ2v) is 9.77. The molecule has 4 aliphatic rings. The third-order valence-corrected chi connectivity index (χ3v) is 7.73. The Bertz CT molecular complexity index is 544. The van der Waals surface area contributed by atoms with Gasteiger partial charge >= 0.3 is 0 Å². The van der Waals surface area contributed by atoms with E-state index in [1.807, 2.05) is 0 Å². The summed E-state index contributed by atoms with van der Waals surface area (Å²) in [6, 6.07) is 0. The zero-order chi connectivity index (χ0) is 19.4. The summed E-state index contributed by atoms with van der Waals surface area (Å²) in [5.41, 5.74) is -0.0875. The lowest BCUT2D eigenvalue weighted by atomic mass is 9.78. The molecule has 5 nitrogen and oxygen atoms in total. The molecule has 4 rings (SSSR count). The second kappa shape index (κ2) is 9.15. The number of ether oxygens (including phenoxy) is 1. The molecule has 1 atom stereocenters. The SMILES string of the molecule is O=C(CC1CCCCC1)N1CCC2(CC1)CC(CC(=O)N1CCCC1)CCO2. The summed E-state index contributed by atoms with van der Waals surface area (Å²) >= 11 is 0. The van der Waals surface area contributed by atoms with Crippen LogP contribution in [-0.4, -0.2) is 60.0 Å². The number of carbonyl (C=O) groups is 2. The molecule has 5 heteroatoms. The van der Waals surface area contributed by atoms with Crippen molar-refractivity contribution in [1.82, 2.24) is 9.80 Å². The molecule has 0 aromatic carbocycles. The van der Waals surface area contributed by atoms with E-state index in [-0.39, 0.29) is 5.60 Å². The van der Waals surface area contributed by atoms with Crippen LogP contribution in [0.15, 0.2) is 0 Å². The van der Waals surface area contributed by atoms with E-state index in [2.05, 4.69) is 9.80 Å². The van der Waals surface area contributed by atoms with Crippen molar-refractivity contribution in [3.63, 3.8) is 0 Å². The highest BCUT2D eigenvalue weighted by Crippen LogP contribution is 2.39. The fourth-order valence-electron chi connectivity index (χ4n) is 5.93. The number of hydrogen-bond donors (Lipinski definition) is 0. The smallest absolute Gasteiger partial charge is 0.222 e. The normalized spacial score (nSPS) is 28.6. The number of piperidine rings is 1. The molecule has 0 radical (unpaired) electrons. The average Bonchev–Trinajstić information content (AvgIpc) is 3.24. The first-order valence-corrected chi connectivity index (χ1v) is 11.8. The molecule has 0 aromatic rings. The van der Waals surface area contributed by atoms with Gasteiger partial charge in [0.1, 0.15) is 0 Å². The predicted molar refractivity (Wildman–Crippen MR) is 109 cm³/mol. The molecule has 1 aliphatic carbocycles. The van der Waals surface area contributed by atoms with Gasteiger partial charge in [-0.1, -0.05) is 19.3 Å². The van der Waals surface area contributed by atoms with Crippen molar-refractivity contribution >= 4 is 11.8 Å². The van der Waals surface area contributed by atoms with Crippen LogP contribution in [0.4, 0.5) is 0 Å². The van der Waals surface area contributed by atoms with E-state index < -0.39 is 0 Å². The maximum atomic E-state index is 12.7. The van der Waals surface area contributed by atoms with Gasteiger partial charge in [-0.2, -0.15) is 0 Å². The van der Waals surface area contributed by atoms with Gasteiger partial charge in [-0.3, -0.25) is 9.59 Å². The highest BCUT2D eigenvalue weighted by molar-refractivity contribution is 5.77. The van der Waals surface area contributed by atoms with Gasteiger partial charge < -0.3 is 14.5 Å². The summed E-state index contributed by atoms with van der Waals surface area (Å²) in [6.07, 6.45) is 14.1. The van der Waals surface area contributed by atoms with Crippen LogP contribution in [0.25, 0.3) is 0 Å². The van der Waals surface area contributed by atoms with E-state index in [4.69, 9.17) is 4.74 Å². The molecule has 3 aliphatic heterocycles. The minimum absolute atomic E-state index is 0.0875. The minimum atomic E-state index is -0.0875. The number of likely N-dealkylation sites (tertiary alicyclic amines) is 2. The molecule has 4 fully saturated rings. The van der Waals surface area contributed by atoms with Crippen molar-refractivity contribution in [3.8, 4) is 0 Å². The number of carbonyl (C=O) groups excluding carboxylic acids is 2. The van der Waals surface area contributed by atoms with Gasteiger partial charge in [-0.25, -0.2) is 0 Å². The van der Waals surface area contributed by atoms with Gasteiger partial charge in [0.2, 0.25) is 11.8 Å².